The molecule has 4 nitrogen and oxygen atoms in total. The Labute approximate surface area is 104 Å². The van der Waals surface area contributed by atoms with E-state index in [1.807, 2.05) is 11.7 Å². The molecule has 0 saturated carbocycles. The smallest absolute Gasteiger partial charge is 0.0628 e. The highest BCUT2D eigenvalue weighted by Crippen LogP contribution is 2.14. The third-order valence-electron chi connectivity index (χ3n) is 3.10. The van der Waals surface area contributed by atoms with Crippen LogP contribution in [0.25, 0.3) is 0 Å². The average Bonchev–Trinajstić information content (AvgIpc) is 2.51. The van der Waals surface area contributed by atoms with Gasteiger partial charge in [-0.1, -0.05) is 6.92 Å². The van der Waals surface area contributed by atoms with E-state index >= 15 is 0 Å². The minimum Gasteiger partial charge on any atom is -0.380 e. The van der Waals surface area contributed by atoms with Crippen molar-refractivity contribution in [3.63, 3.8) is 0 Å². The predicted molar refractivity (Wildman–Crippen MR) is 70.1 cm³/mol. The van der Waals surface area contributed by atoms with Crippen molar-refractivity contribution in [1.29, 1.82) is 0 Å². The lowest BCUT2D eigenvalue weighted by Gasteiger charge is -2.11. The first kappa shape index (κ1) is 14.2. The molecule has 0 fully saturated rings. The lowest BCUT2D eigenvalue weighted by atomic mass is 10.0. The van der Waals surface area contributed by atoms with E-state index in [1.54, 1.807) is 0 Å². The van der Waals surface area contributed by atoms with Crippen LogP contribution in [0.2, 0.25) is 0 Å². The van der Waals surface area contributed by atoms with Crippen molar-refractivity contribution >= 4 is 0 Å². The van der Waals surface area contributed by atoms with Crippen LogP contribution in [0.1, 0.15) is 36.7 Å². The molecule has 17 heavy (non-hydrogen) atoms. The molecular weight excluding hydrogens is 214 g/mol. The molecular formula is C13H25N3O. The largest absolute Gasteiger partial charge is 0.380 e. The summed E-state index contributed by atoms with van der Waals surface area (Å²) in [6.45, 7) is 7.73. The molecule has 0 radical (unpaired) electrons. The number of ether oxygens (including phenoxy) is 1. The van der Waals surface area contributed by atoms with Gasteiger partial charge in [0.15, 0.2) is 0 Å². The zero-order valence-corrected chi connectivity index (χ0v) is 11.5. The number of aromatic nitrogens is 2. The van der Waals surface area contributed by atoms with Crippen LogP contribution in [-0.4, -0.2) is 29.0 Å². The summed E-state index contributed by atoms with van der Waals surface area (Å²) in [5.41, 5.74) is 9.71. The number of rotatable bonds is 7. The lowest BCUT2D eigenvalue weighted by Crippen LogP contribution is -2.27. The van der Waals surface area contributed by atoms with Crippen LogP contribution in [0.15, 0.2) is 0 Å². The topological polar surface area (TPSA) is 53.1 Å². The summed E-state index contributed by atoms with van der Waals surface area (Å²) in [6.07, 6.45) is 2.99. The van der Waals surface area contributed by atoms with Crippen molar-refractivity contribution in [2.75, 3.05) is 13.2 Å². The zero-order valence-electron chi connectivity index (χ0n) is 11.5. The number of nitrogens with two attached hydrogens (primary N) is 1. The maximum atomic E-state index is 6.02. The van der Waals surface area contributed by atoms with Gasteiger partial charge in [0.05, 0.1) is 12.3 Å². The van der Waals surface area contributed by atoms with Crippen LogP contribution in [0.3, 0.4) is 0 Å². The third kappa shape index (κ3) is 4.13. The van der Waals surface area contributed by atoms with Gasteiger partial charge in [-0.05, 0) is 38.7 Å². The first-order valence-electron chi connectivity index (χ1n) is 6.38. The fourth-order valence-electron chi connectivity index (χ4n) is 1.97. The SMILES string of the molecule is CCCOCC(N)CCc1c(C)nn(C)c1C. The van der Waals surface area contributed by atoms with E-state index in [0.717, 1.165) is 31.6 Å². The molecule has 0 aliphatic heterocycles. The summed E-state index contributed by atoms with van der Waals surface area (Å²) in [7, 11) is 1.98. The molecule has 4 heteroatoms. The molecule has 2 N–H and O–H groups in total. The summed E-state index contributed by atoms with van der Waals surface area (Å²) in [4.78, 5) is 0. The maximum Gasteiger partial charge on any atom is 0.0628 e. The van der Waals surface area contributed by atoms with Crippen LogP contribution in [-0.2, 0) is 18.2 Å². The molecule has 0 bridgehead atoms. The van der Waals surface area contributed by atoms with Crippen molar-refractivity contribution in [3.8, 4) is 0 Å². The zero-order chi connectivity index (χ0) is 12.8. The van der Waals surface area contributed by atoms with Gasteiger partial charge in [0.2, 0.25) is 0 Å². The molecule has 1 heterocycles. The summed E-state index contributed by atoms with van der Waals surface area (Å²) >= 11 is 0. The number of nitrogens with zero attached hydrogens (tertiary/aromatic N) is 2. The van der Waals surface area contributed by atoms with Gasteiger partial charge in [0, 0.05) is 25.4 Å². The fraction of sp³-hybridized carbons (Fsp3) is 0.769. The standard InChI is InChI=1S/C13H25N3O/c1-5-8-17-9-12(14)6-7-13-10(2)15-16(4)11(13)3/h12H,5-9,14H2,1-4H3. The van der Waals surface area contributed by atoms with Crippen LogP contribution >= 0.6 is 0 Å². The van der Waals surface area contributed by atoms with E-state index in [0.29, 0.717) is 6.61 Å². The van der Waals surface area contributed by atoms with Gasteiger partial charge >= 0.3 is 0 Å². The maximum absolute atomic E-state index is 6.02. The summed E-state index contributed by atoms with van der Waals surface area (Å²) in [5, 5.41) is 4.41. The minimum atomic E-state index is 0.126. The molecule has 98 valence electrons. The Bertz CT molecular complexity index is 347. The molecule has 1 aromatic rings. The Morgan fingerprint density at radius 1 is 1.41 bits per heavy atom. The van der Waals surface area contributed by atoms with E-state index in [4.69, 9.17) is 10.5 Å². The minimum absolute atomic E-state index is 0.126. The van der Waals surface area contributed by atoms with Gasteiger partial charge in [0.1, 0.15) is 0 Å². The first-order chi connectivity index (χ1) is 8.06. The monoisotopic (exact) mass is 239 g/mol. The Hall–Kier alpha value is -0.870. The molecule has 0 amide bonds. The molecule has 1 unspecified atom stereocenters. The molecule has 1 aromatic heterocycles. The highest BCUT2D eigenvalue weighted by atomic mass is 16.5. The highest BCUT2D eigenvalue weighted by Gasteiger charge is 2.11. The molecule has 1 rings (SSSR count). The normalized spacial score (nSPS) is 13.0. The second-order valence-corrected chi connectivity index (χ2v) is 4.65. The van der Waals surface area contributed by atoms with Gasteiger partial charge < -0.3 is 10.5 Å². The number of hydrogen-bond acceptors (Lipinski definition) is 3. The van der Waals surface area contributed by atoms with E-state index in [2.05, 4.69) is 25.9 Å². The second kappa shape index (κ2) is 6.77. The van der Waals surface area contributed by atoms with Crippen LogP contribution in [0.5, 0.6) is 0 Å². The summed E-state index contributed by atoms with van der Waals surface area (Å²) in [6, 6.07) is 0.126. The van der Waals surface area contributed by atoms with E-state index < -0.39 is 0 Å². The van der Waals surface area contributed by atoms with E-state index in [9.17, 15) is 0 Å². The second-order valence-electron chi connectivity index (χ2n) is 4.65. The Morgan fingerprint density at radius 3 is 2.65 bits per heavy atom. The van der Waals surface area contributed by atoms with Crippen molar-refractivity contribution in [1.82, 2.24) is 9.78 Å². The summed E-state index contributed by atoms with van der Waals surface area (Å²) < 4.78 is 7.39. The Morgan fingerprint density at radius 2 is 2.12 bits per heavy atom. The van der Waals surface area contributed by atoms with E-state index in [-0.39, 0.29) is 6.04 Å². The van der Waals surface area contributed by atoms with Crippen LogP contribution in [0, 0.1) is 13.8 Å². The number of aryl methyl sites for hydroxylation is 2. The van der Waals surface area contributed by atoms with Crippen molar-refractivity contribution < 1.29 is 4.74 Å². The highest BCUT2D eigenvalue weighted by molar-refractivity contribution is 5.24. The van der Waals surface area contributed by atoms with E-state index in [1.165, 1.54) is 11.3 Å². The first-order valence-corrected chi connectivity index (χ1v) is 6.38. The van der Waals surface area contributed by atoms with Gasteiger partial charge in [-0.2, -0.15) is 5.10 Å². The third-order valence-corrected chi connectivity index (χ3v) is 3.10. The van der Waals surface area contributed by atoms with Gasteiger partial charge in [-0.25, -0.2) is 0 Å². The van der Waals surface area contributed by atoms with Crippen LogP contribution < -0.4 is 5.73 Å². The molecule has 0 saturated heterocycles. The Kier molecular flexibility index (Phi) is 5.65. The summed E-state index contributed by atoms with van der Waals surface area (Å²) in [5.74, 6) is 0. The molecule has 0 aromatic carbocycles. The van der Waals surface area contributed by atoms with Crippen LogP contribution in [0.4, 0.5) is 0 Å². The Balaban J connectivity index is 2.39. The molecule has 1 atom stereocenters. The van der Waals surface area contributed by atoms with Crippen molar-refractivity contribution in [2.24, 2.45) is 12.8 Å². The van der Waals surface area contributed by atoms with Gasteiger partial charge in [-0.3, -0.25) is 4.68 Å². The molecule has 0 aliphatic carbocycles. The van der Waals surface area contributed by atoms with Gasteiger partial charge in [0.25, 0.3) is 0 Å². The lowest BCUT2D eigenvalue weighted by molar-refractivity contribution is 0.119. The molecule has 0 aliphatic rings. The fourth-order valence-corrected chi connectivity index (χ4v) is 1.97. The molecule has 0 spiro atoms. The quantitative estimate of drug-likeness (QED) is 0.737. The van der Waals surface area contributed by atoms with Gasteiger partial charge in [-0.15, -0.1) is 0 Å². The average molecular weight is 239 g/mol. The number of hydrogen-bond donors (Lipinski definition) is 1. The van der Waals surface area contributed by atoms with Crippen molar-refractivity contribution in [2.45, 2.75) is 46.1 Å². The van der Waals surface area contributed by atoms with Crippen molar-refractivity contribution in [3.05, 3.63) is 17.0 Å². The predicted octanol–water partition coefficient (Wildman–Crippen LogP) is 1.72.